The average Bonchev–Trinajstić information content (AvgIpc) is 2.61. The van der Waals surface area contributed by atoms with Crippen LogP contribution in [0.25, 0.3) is 0 Å². The molecule has 0 aliphatic heterocycles. The molecule has 5 heteroatoms. The fraction of sp³-hybridized carbons (Fsp3) is 0.636. The highest BCUT2D eigenvalue weighted by Gasteiger charge is 2.29. The topological polar surface area (TPSA) is 38.1 Å². The van der Waals surface area contributed by atoms with Crippen LogP contribution in [-0.2, 0) is 7.05 Å². The van der Waals surface area contributed by atoms with Crippen molar-refractivity contribution in [2.45, 2.75) is 17.7 Å². The van der Waals surface area contributed by atoms with E-state index >= 15 is 0 Å². The number of halogens is 1. The lowest BCUT2D eigenvalue weighted by Crippen LogP contribution is -2.37. The van der Waals surface area contributed by atoms with E-state index in [4.69, 9.17) is 0 Å². The predicted octanol–water partition coefficient (Wildman–Crippen LogP) is 1.67. The van der Waals surface area contributed by atoms with Gasteiger partial charge in [0.05, 0.1) is 11.8 Å². The molecule has 1 aliphatic rings. The van der Waals surface area contributed by atoms with Crippen LogP contribution in [0.15, 0.2) is 12.4 Å². The molecule has 1 fully saturated rings. The van der Waals surface area contributed by atoms with Gasteiger partial charge in [-0.25, -0.2) is 0 Å². The van der Waals surface area contributed by atoms with Gasteiger partial charge in [0.15, 0.2) is 0 Å². The predicted molar refractivity (Wildman–Crippen MR) is 65.6 cm³/mol. The summed E-state index contributed by atoms with van der Waals surface area (Å²) in [5.74, 6) is 0.709. The molecule has 2 rings (SSSR count). The molecule has 16 heavy (non-hydrogen) atoms. The summed E-state index contributed by atoms with van der Waals surface area (Å²) in [5.41, 5.74) is 0.666. The van der Waals surface area contributed by atoms with Crippen molar-refractivity contribution < 1.29 is 4.79 Å². The zero-order valence-electron chi connectivity index (χ0n) is 9.56. The molecular weight excluding hydrogens is 270 g/mol. The molecule has 1 heterocycles. The van der Waals surface area contributed by atoms with Crippen LogP contribution in [0, 0.1) is 5.92 Å². The van der Waals surface area contributed by atoms with Gasteiger partial charge in [-0.05, 0) is 18.8 Å². The molecular formula is C11H16BrN3O. The van der Waals surface area contributed by atoms with Gasteiger partial charge in [-0.2, -0.15) is 5.10 Å². The van der Waals surface area contributed by atoms with Crippen LogP contribution >= 0.6 is 15.9 Å². The van der Waals surface area contributed by atoms with Crippen molar-refractivity contribution in [3.63, 3.8) is 0 Å². The second-order valence-electron chi connectivity index (χ2n) is 4.52. The molecule has 0 atom stereocenters. The Bertz CT molecular complexity index is 384. The number of aryl methyl sites for hydroxylation is 1. The highest BCUT2D eigenvalue weighted by Crippen LogP contribution is 2.33. The van der Waals surface area contributed by atoms with Gasteiger partial charge in [-0.15, -0.1) is 0 Å². The highest BCUT2D eigenvalue weighted by molar-refractivity contribution is 9.09. The number of hydrogen-bond donors (Lipinski definition) is 0. The Morgan fingerprint density at radius 2 is 2.38 bits per heavy atom. The van der Waals surface area contributed by atoms with E-state index in [2.05, 4.69) is 21.0 Å². The van der Waals surface area contributed by atoms with E-state index in [1.54, 1.807) is 22.0 Å². The van der Waals surface area contributed by atoms with Crippen LogP contribution in [0.5, 0.6) is 0 Å². The van der Waals surface area contributed by atoms with Gasteiger partial charge in [0.2, 0.25) is 0 Å². The molecule has 1 aromatic rings. The van der Waals surface area contributed by atoms with Crippen LogP contribution in [0.4, 0.5) is 0 Å². The normalized spacial score (nSPS) is 23.9. The first-order chi connectivity index (χ1) is 7.56. The molecule has 88 valence electrons. The van der Waals surface area contributed by atoms with Crippen molar-refractivity contribution >= 4 is 21.8 Å². The molecule has 0 spiro atoms. The summed E-state index contributed by atoms with van der Waals surface area (Å²) in [5, 5.41) is 4.01. The van der Waals surface area contributed by atoms with E-state index in [1.165, 1.54) is 12.8 Å². The molecule has 0 N–H and O–H groups in total. The van der Waals surface area contributed by atoms with Crippen molar-refractivity contribution in [2.24, 2.45) is 13.0 Å². The average molecular weight is 286 g/mol. The number of alkyl halides is 1. The largest absolute Gasteiger partial charge is 0.341 e. The van der Waals surface area contributed by atoms with Gasteiger partial charge < -0.3 is 4.90 Å². The summed E-state index contributed by atoms with van der Waals surface area (Å²) in [6.07, 6.45) is 5.72. The van der Waals surface area contributed by atoms with Crippen molar-refractivity contribution in [3.05, 3.63) is 18.0 Å². The van der Waals surface area contributed by atoms with E-state index in [9.17, 15) is 4.79 Å². The first-order valence-electron chi connectivity index (χ1n) is 5.44. The number of aromatic nitrogens is 2. The summed E-state index contributed by atoms with van der Waals surface area (Å²) in [7, 11) is 3.68. The Hall–Kier alpha value is -0.840. The summed E-state index contributed by atoms with van der Waals surface area (Å²) in [6.45, 7) is 0.843. The molecule has 0 aromatic carbocycles. The van der Waals surface area contributed by atoms with E-state index in [1.807, 2.05) is 14.1 Å². The fourth-order valence-electron chi connectivity index (χ4n) is 2.03. The summed E-state index contributed by atoms with van der Waals surface area (Å²) in [6, 6.07) is 0. The van der Waals surface area contributed by atoms with Gasteiger partial charge in [0.1, 0.15) is 0 Å². The maximum atomic E-state index is 12.0. The Morgan fingerprint density at radius 3 is 2.88 bits per heavy atom. The monoisotopic (exact) mass is 285 g/mol. The van der Waals surface area contributed by atoms with E-state index in [-0.39, 0.29) is 5.91 Å². The van der Waals surface area contributed by atoms with Crippen LogP contribution in [0.1, 0.15) is 23.2 Å². The number of amides is 1. The van der Waals surface area contributed by atoms with Crippen molar-refractivity contribution in [3.8, 4) is 0 Å². The fourth-order valence-corrected chi connectivity index (χ4v) is 3.08. The molecule has 0 saturated heterocycles. The molecule has 1 aliphatic carbocycles. The number of rotatable bonds is 3. The minimum atomic E-state index is 0.0612. The van der Waals surface area contributed by atoms with Gasteiger partial charge in [-0.3, -0.25) is 9.48 Å². The molecule has 1 amide bonds. The lowest BCUT2D eigenvalue weighted by molar-refractivity contribution is 0.0748. The first-order valence-corrected chi connectivity index (χ1v) is 6.36. The van der Waals surface area contributed by atoms with Crippen molar-refractivity contribution in [1.29, 1.82) is 0 Å². The second-order valence-corrected chi connectivity index (χ2v) is 5.82. The van der Waals surface area contributed by atoms with E-state index < -0.39 is 0 Å². The van der Waals surface area contributed by atoms with Crippen molar-refractivity contribution in [1.82, 2.24) is 14.7 Å². The van der Waals surface area contributed by atoms with Gasteiger partial charge in [0.25, 0.3) is 5.91 Å². The van der Waals surface area contributed by atoms with Crippen molar-refractivity contribution in [2.75, 3.05) is 13.6 Å². The number of carbonyl (C=O) groups excluding carboxylic acids is 1. The molecule has 0 radical (unpaired) electrons. The molecule has 4 nitrogen and oxygen atoms in total. The zero-order chi connectivity index (χ0) is 11.7. The minimum absolute atomic E-state index is 0.0612. The quantitative estimate of drug-likeness (QED) is 0.793. The minimum Gasteiger partial charge on any atom is -0.341 e. The van der Waals surface area contributed by atoms with Crippen LogP contribution in [-0.4, -0.2) is 39.0 Å². The standard InChI is InChI=1S/C11H16BrN3O/c1-14(6-8-3-10(12)4-8)11(16)9-5-13-15(2)7-9/h5,7-8,10H,3-4,6H2,1-2H3. The van der Waals surface area contributed by atoms with Crippen LogP contribution in [0.3, 0.4) is 0 Å². The van der Waals surface area contributed by atoms with E-state index in [0.717, 1.165) is 6.54 Å². The van der Waals surface area contributed by atoms with Crippen LogP contribution in [0.2, 0.25) is 0 Å². The number of nitrogens with zero attached hydrogens (tertiary/aromatic N) is 3. The third kappa shape index (κ3) is 2.45. The maximum absolute atomic E-state index is 12.0. The third-order valence-electron chi connectivity index (χ3n) is 3.01. The smallest absolute Gasteiger partial charge is 0.256 e. The lowest BCUT2D eigenvalue weighted by Gasteiger charge is -2.34. The Kier molecular flexibility index (Phi) is 3.33. The lowest BCUT2D eigenvalue weighted by atomic mass is 9.85. The summed E-state index contributed by atoms with van der Waals surface area (Å²) in [4.78, 5) is 14.4. The third-order valence-corrected chi connectivity index (χ3v) is 3.76. The van der Waals surface area contributed by atoms with Gasteiger partial charge >= 0.3 is 0 Å². The van der Waals surface area contributed by atoms with E-state index in [0.29, 0.717) is 16.3 Å². The SMILES string of the molecule is CN(CC1CC(Br)C1)C(=O)c1cnn(C)c1. The number of carbonyl (C=O) groups is 1. The maximum Gasteiger partial charge on any atom is 0.256 e. The molecule has 0 unspecified atom stereocenters. The van der Waals surface area contributed by atoms with Crippen LogP contribution < -0.4 is 0 Å². The number of hydrogen-bond acceptors (Lipinski definition) is 2. The second kappa shape index (κ2) is 4.57. The zero-order valence-corrected chi connectivity index (χ0v) is 11.1. The Balaban J connectivity index is 1.89. The summed E-state index contributed by atoms with van der Waals surface area (Å²) >= 11 is 3.56. The summed E-state index contributed by atoms with van der Waals surface area (Å²) < 4.78 is 1.65. The van der Waals surface area contributed by atoms with Gasteiger partial charge in [0, 0.05) is 31.7 Å². The highest BCUT2D eigenvalue weighted by atomic mass is 79.9. The molecule has 0 bridgehead atoms. The Morgan fingerprint density at radius 1 is 1.69 bits per heavy atom. The Labute approximate surface area is 104 Å². The molecule has 1 aromatic heterocycles. The van der Waals surface area contributed by atoms with Gasteiger partial charge in [-0.1, -0.05) is 15.9 Å². The molecule has 1 saturated carbocycles. The first kappa shape index (κ1) is 11.6.